The van der Waals surface area contributed by atoms with Crippen molar-refractivity contribution < 1.29 is 4.79 Å². The van der Waals surface area contributed by atoms with Crippen molar-refractivity contribution in [2.75, 3.05) is 54.4 Å². The number of aromatic nitrogens is 2. The fraction of sp³-hybridized carbons (Fsp3) is 0.450. The maximum atomic E-state index is 11.5. The van der Waals surface area contributed by atoms with E-state index in [0.717, 1.165) is 37.7 Å². The summed E-state index contributed by atoms with van der Waals surface area (Å²) in [4.78, 5) is 26.9. The molecular weight excluding hydrogens is 340 g/mol. The van der Waals surface area contributed by atoms with Crippen LogP contribution in [0.5, 0.6) is 0 Å². The third-order valence-electron chi connectivity index (χ3n) is 5.26. The Morgan fingerprint density at radius 3 is 2.30 bits per heavy atom. The molecule has 2 aliphatic heterocycles. The van der Waals surface area contributed by atoms with Gasteiger partial charge in [0.15, 0.2) is 0 Å². The summed E-state index contributed by atoms with van der Waals surface area (Å²) in [6.45, 7) is 6.87. The molecule has 0 atom stereocenters. The lowest BCUT2D eigenvalue weighted by Crippen LogP contribution is -2.48. The van der Waals surface area contributed by atoms with Gasteiger partial charge in [0.25, 0.3) is 0 Å². The van der Waals surface area contributed by atoms with Gasteiger partial charge in [-0.3, -0.25) is 4.79 Å². The van der Waals surface area contributed by atoms with Crippen molar-refractivity contribution in [2.24, 2.45) is 0 Å². The zero-order chi connectivity index (χ0) is 18.6. The van der Waals surface area contributed by atoms with Crippen molar-refractivity contribution in [1.29, 1.82) is 0 Å². The summed E-state index contributed by atoms with van der Waals surface area (Å²) in [7, 11) is 0. The van der Waals surface area contributed by atoms with E-state index in [1.807, 2.05) is 11.0 Å². The van der Waals surface area contributed by atoms with Crippen molar-refractivity contribution in [2.45, 2.75) is 19.8 Å². The molecule has 0 saturated carbocycles. The molecule has 2 fully saturated rings. The number of benzene rings is 1. The van der Waals surface area contributed by atoms with Gasteiger partial charge in [-0.05, 0) is 43.2 Å². The highest BCUT2D eigenvalue weighted by Crippen LogP contribution is 2.24. The van der Waals surface area contributed by atoms with Crippen LogP contribution in [-0.4, -0.2) is 60.0 Å². The molecule has 1 amide bonds. The van der Waals surface area contributed by atoms with Gasteiger partial charge >= 0.3 is 0 Å². The van der Waals surface area contributed by atoms with E-state index < -0.39 is 0 Å². The topological polar surface area (TPSA) is 64.6 Å². The van der Waals surface area contributed by atoms with E-state index in [9.17, 15) is 4.79 Å². The second-order valence-corrected chi connectivity index (χ2v) is 7.10. The maximum absolute atomic E-state index is 11.5. The van der Waals surface area contributed by atoms with Gasteiger partial charge < -0.3 is 20.0 Å². The minimum Gasteiger partial charge on any atom is -0.372 e. The number of rotatable bonds is 4. The predicted molar refractivity (Wildman–Crippen MR) is 108 cm³/mol. The number of hydrogen-bond acceptors (Lipinski definition) is 6. The Morgan fingerprint density at radius 2 is 1.63 bits per heavy atom. The lowest BCUT2D eigenvalue weighted by atomic mass is 10.2. The first-order chi connectivity index (χ1) is 13.2. The van der Waals surface area contributed by atoms with E-state index >= 15 is 0 Å². The second kappa shape index (κ2) is 7.82. The van der Waals surface area contributed by atoms with Crippen molar-refractivity contribution in [3.63, 3.8) is 0 Å². The third kappa shape index (κ3) is 4.13. The highest BCUT2D eigenvalue weighted by Gasteiger charge is 2.20. The summed E-state index contributed by atoms with van der Waals surface area (Å²) in [5, 5.41) is 3.37. The van der Waals surface area contributed by atoms with Gasteiger partial charge in [0.1, 0.15) is 5.82 Å². The van der Waals surface area contributed by atoms with Gasteiger partial charge in [0.05, 0.1) is 0 Å². The second-order valence-electron chi connectivity index (χ2n) is 7.10. The number of anilines is 4. The Kier molecular flexibility index (Phi) is 5.09. The molecule has 7 nitrogen and oxygen atoms in total. The van der Waals surface area contributed by atoms with Crippen molar-refractivity contribution in [1.82, 2.24) is 14.9 Å². The van der Waals surface area contributed by atoms with Gasteiger partial charge in [-0.25, -0.2) is 4.98 Å². The van der Waals surface area contributed by atoms with E-state index in [0.29, 0.717) is 19.0 Å². The van der Waals surface area contributed by atoms with Gasteiger partial charge in [-0.15, -0.1) is 0 Å². The molecule has 1 aromatic heterocycles. The molecule has 7 heteroatoms. The van der Waals surface area contributed by atoms with Crippen LogP contribution in [0.15, 0.2) is 36.5 Å². The fourth-order valence-corrected chi connectivity index (χ4v) is 3.67. The summed E-state index contributed by atoms with van der Waals surface area (Å²) in [6.07, 6.45) is 4.34. The van der Waals surface area contributed by atoms with Crippen LogP contribution in [0.3, 0.4) is 0 Å². The maximum Gasteiger partial charge on any atom is 0.227 e. The molecule has 2 aliphatic rings. The molecule has 0 spiro atoms. The monoisotopic (exact) mass is 366 g/mol. The smallest absolute Gasteiger partial charge is 0.227 e. The molecule has 1 aromatic carbocycles. The minimum atomic E-state index is 0.128. The molecular formula is C20H26N6O. The van der Waals surface area contributed by atoms with Crippen molar-refractivity contribution in [3.8, 4) is 0 Å². The van der Waals surface area contributed by atoms with Crippen molar-refractivity contribution in [3.05, 3.63) is 36.5 Å². The number of nitrogens with zero attached hydrogens (tertiary/aromatic N) is 5. The Hall–Kier alpha value is -2.83. The molecule has 0 radical (unpaired) electrons. The van der Waals surface area contributed by atoms with Crippen LogP contribution < -0.4 is 15.1 Å². The standard InChI is InChI=1S/C20H26N6O/c1-16(27)24-12-14-26(15-13-24)20-21-9-8-19(23-20)22-17-4-6-18(7-5-17)25-10-2-3-11-25/h4-9H,2-3,10-15H2,1H3,(H,21,22,23). The zero-order valence-corrected chi connectivity index (χ0v) is 15.8. The molecule has 2 aromatic rings. The number of carbonyl (C=O) groups is 1. The fourth-order valence-electron chi connectivity index (χ4n) is 3.67. The van der Waals surface area contributed by atoms with Crippen LogP contribution >= 0.6 is 0 Å². The lowest BCUT2D eigenvalue weighted by Gasteiger charge is -2.34. The number of carbonyl (C=O) groups excluding carboxylic acids is 1. The third-order valence-corrected chi connectivity index (χ3v) is 5.26. The van der Waals surface area contributed by atoms with Crippen LogP contribution in [0.4, 0.5) is 23.1 Å². The van der Waals surface area contributed by atoms with E-state index in [1.165, 1.54) is 18.5 Å². The average molecular weight is 366 g/mol. The normalized spacial score (nSPS) is 17.3. The molecule has 27 heavy (non-hydrogen) atoms. The number of amides is 1. The van der Waals surface area contributed by atoms with Crippen LogP contribution in [0, 0.1) is 0 Å². The van der Waals surface area contributed by atoms with E-state index in [1.54, 1.807) is 13.1 Å². The molecule has 4 rings (SSSR count). The Bertz CT molecular complexity index is 779. The molecule has 142 valence electrons. The molecule has 0 unspecified atom stereocenters. The number of hydrogen-bond donors (Lipinski definition) is 1. The van der Waals surface area contributed by atoms with Gasteiger partial charge in [0, 0.05) is 63.8 Å². The summed E-state index contributed by atoms with van der Waals surface area (Å²) in [5.41, 5.74) is 2.30. The van der Waals surface area contributed by atoms with Crippen LogP contribution in [0.1, 0.15) is 19.8 Å². The highest BCUT2D eigenvalue weighted by molar-refractivity contribution is 5.73. The summed E-state index contributed by atoms with van der Waals surface area (Å²) >= 11 is 0. The Balaban J connectivity index is 1.40. The van der Waals surface area contributed by atoms with E-state index in [2.05, 4.69) is 49.4 Å². The van der Waals surface area contributed by atoms with Crippen LogP contribution in [0.25, 0.3) is 0 Å². The first-order valence-corrected chi connectivity index (χ1v) is 9.64. The Morgan fingerprint density at radius 1 is 0.926 bits per heavy atom. The summed E-state index contributed by atoms with van der Waals surface area (Å²) < 4.78 is 0. The molecule has 1 N–H and O–H groups in total. The average Bonchev–Trinajstić information content (AvgIpc) is 3.24. The SMILES string of the molecule is CC(=O)N1CCN(c2nccc(Nc3ccc(N4CCCC4)cc3)n2)CC1. The van der Waals surface area contributed by atoms with Crippen LogP contribution in [-0.2, 0) is 4.79 Å². The first kappa shape index (κ1) is 17.6. The molecule has 2 saturated heterocycles. The summed E-state index contributed by atoms with van der Waals surface area (Å²) in [6, 6.07) is 10.4. The summed E-state index contributed by atoms with van der Waals surface area (Å²) in [5.74, 6) is 1.61. The molecule has 0 aliphatic carbocycles. The number of nitrogens with one attached hydrogen (secondary N) is 1. The van der Waals surface area contributed by atoms with Gasteiger partial charge in [-0.2, -0.15) is 4.98 Å². The lowest BCUT2D eigenvalue weighted by molar-refractivity contribution is -0.129. The minimum absolute atomic E-state index is 0.128. The predicted octanol–water partition coefficient (Wildman–Crippen LogP) is 2.49. The number of piperazine rings is 1. The van der Waals surface area contributed by atoms with E-state index in [-0.39, 0.29) is 5.91 Å². The molecule has 3 heterocycles. The largest absolute Gasteiger partial charge is 0.372 e. The zero-order valence-electron chi connectivity index (χ0n) is 15.8. The van der Waals surface area contributed by atoms with Crippen LogP contribution in [0.2, 0.25) is 0 Å². The van der Waals surface area contributed by atoms with Gasteiger partial charge in [0.2, 0.25) is 11.9 Å². The van der Waals surface area contributed by atoms with Crippen molar-refractivity contribution >= 4 is 29.0 Å². The first-order valence-electron chi connectivity index (χ1n) is 9.64. The Labute approximate surface area is 160 Å². The quantitative estimate of drug-likeness (QED) is 0.897. The molecule has 0 bridgehead atoms. The highest BCUT2D eigenvalue weighted by atomic mass is 16.2. The van der Waals surface area contributed by atoms with E-state index in [4.69, 9.17) is 0 Å². The van der Waals surface area contributed by atoms with Gasteiger partial charge in [-0.1, -0.05) is 0 Å².